The van der Waals surface area contributed by atoms with Crippen molar-refractivity contribution in [2.45, 2.75) is 45.6 Å². The van der Waals surface area contributed by atoms with Gasteiger partial charge in [-0.2, -0.15) is 5.26 Å². The highest BCUT2D eigenvalue weighted by Crippen LogP contribution is 2.27. The maximum absolute atomic E-state index is 8.94. The quantitative estimate of drug-likeness (QED) is 0.775. The molecule has 0 spiro atoms. The van der Waals surface area contributed by atoms with Crippen molar-refractivity contribution in [3.05, 3.63) is 29.8 Å². The zero-order valence-electron chi connectivity index (χ0n) is 12.5. The molecule has 1 aliphatic rings. The fraction of sp³-hybridized carbons (Fsp3) is 0.588. The molecule has 1 unspecified atom stereocenters. The number of unbranched alkanes of at least 4 members (excludes halogenated alkanes) is 1. The Balaban J connectivity index is 1.56. The first-order valence-electron chi connectivity index (χ1n) is 7.47. The van der Waals surface area contributed by atoms with Crippen LogP contribution in [0.25, 0.3) is 0 Å². The van der Waals surface area contributed by atoms with Crippen LogP contribution in [-0.4, -0.2) is 19.2 Å². The normalized spacial score (nSPS) is 17.4. The zero-order valence-corrected chi connectivity index (χ0v) is 12.5. The molecule has 0 amide bonds. The second-order valence-corrected chi connectivity index (χ2v) is 6.21. The van der Waals surface area contributed by atoms with Crippen molar-refractivity contribution in [3.8, 4) is 11.8 Å². The van der Waals surface area contributed by atoms with Gasteiger partial charge in [0.15, 0.2) is 0 Å². The van der Waals surface area contributed by atoms with Crippen molar-refractivity contribution in [2.75, 3.05) is 13.1 Å². The first-order valence-corrected chi connectivity index (χ1v) is 7.47. The van der Waals surface area contributed by atoms with Crippen LogP contribution in [0, 0.1) is 16.7 Å². The van der Waals surface area contributed by atoms with Gasteiger partial charge in [-0.25, -0.2) is 0 Å². The summed E-state index contributed by atoms with van der Waals surface area (Å²) in [7, 11) is 0. The second kappa shape index (κ2) is 6.76. The highest BCUT2D eigenvalue weighted by molar-refractivity contribution is 5.37. The lowest BCUT2D eigenvalue weighted by atomic mass is 9.89. The molecular formula is C17H24N2O. The van der Waals surface area contributed by atoms with Crippen molar-refractivity contribution in [3.63, 3.8) is 0 Å². The topological polar surface area (TPSA) is 45.0 Å². The van der Waals surface area contributed by atoms with Gasteiger partial charge in [0.05, 0.1) is 11.5 Å². The predicted molar refractivity (Wildman–Crippen MR) is 80.7 cm³/mol. The average Bonchev–Trinajstić information content (AvgIpc) is 2.85. The number of benzene rings is 1. The van der Waals surface area contributed by atoms with Crippen molar-refractivity contribution >= 4 is 0 Å². The van der Waals surface area contributed by atoms with Gasteiger partial charge in [-0.3, -0.25) is 0 Å². The summed E-state index contributed by atoms with van der Waals surface area (Å²) >= 11 is 0. The molecule has 108 valence electrons. The maximum atomic E-state index is 8.94. The third-order valence-electron chi connectivity index (χ3n) is 3.79. The van der Waals surface area contributed by atoms with Crippen LogP contribution < -0.4 is 10.1 Å². The molecule has 1 atom stereocenters. The fourth-order valence-electron chi connectivity index (χ4n) is 2.50. The Morgan fingerprint density at radius 1 is 1.35 bits per heavy atom. The molecule has 3 heteroatoms. The highest BCUT2D eigenvalue weighted by Gasteiger charge is 2.21. The summed E-state index contributed by atoms with van der Waals surface area (Å²) in [5.41, 5.74) is 1.13. The number of nitriles is 1. The van der Waals surface area contributed by atoms with Gasteiger partial charge < -0.3 is 10.1 Å². The SMILES string of the molecule is CC(C)(C#N)CCCCNCC1Cc2ccccc2O1. The van der Waals surface area contributed by atoms with Crippen LogP contribution in [0.5, 0.6) is 5.75 Å². The molecule has 1 aromatic carbocycles. The third-order valence-corrected chi connectivity index (χ3v) is 3.79. The molecule has 0 bridgehead atoms. The van der Waals surface area contributed by atoms with E-state index >= 15 is 0 Å². The van der Waals surface area contributed by atoms with Crippen molar-refractivity contribution < 1.29 is 4.74 Å². The van der Waals surface area contributed by atoms with Gasteiger partial charge in [-0.1, -0.05) is 24.6 Å². The fourth-order valence-corrected chi connectivity index (χ4v) is 2.50. The molecule has 2 rings (SSSR count). The molecule has 1 heterocycles. The van der Waals surface area contributed by atoms with Crippen LogP contribution in [-0.2, 0) is 6.42 Å². The number of ether oxygens (including phenoxy) is 1. The number of hydrogen-bond acceptors (Lipinski definition) is 3. The number of nitrogens with one attached hydrogen (secondary N) is 1. The van der Waals surface area contributed by atoms with E-state index in [1.807, 2.05) is 26.0 Å². The monoisotopic (exact) mass is 272 g/mol. The Morgan fingerprint density at radius 2 is 2.15 bits per heavy atom. The van der Waals surface area contributed by atoms with Gasteiger partial charge in [0.1, 0.15) is 11.9 Å². The summed E-state index contributed by atoms with van der Waals surface area (Å²) in [6, 6.07) is 10.6. The zero-order chi connectivity index (χ0) is 14.4. The van der Waals surface area contributed by atoms with E-state index in [0.29, 0.717) is 0 Å². The molecule has 20 heavy (non-hydrogen) atoms. The van der Waals surface area contributed by atoms with E-state index < -0.39 is 0 Å². The lowest BCUT2D eigenvalue weighted by molar-refractivity contribution is 0.227. The van der Waals surface area contributed by atoms with Crippen LogP contribution in [0.2, 0.25) is 0 Å². The van der Waals surface area contributed by atoms with E-state index in [0.717, 1.165) is 44.5 Å². The summed E-state index contributed by atoms with van der Waals surface area (Å²) in [6.07, 6.45) is 4.45. The van der Waals surface area contributed by atoms with Gasteiger partial charge >= 0.3 is 0 Å². The summed E-state index contributed by atoms with van der Waals surface area (Å²) < 4.78 is 5.88. The molecule has 3 nitrogen and oxygen atoms in total. The molecule has 1 aliphatic heterocycles. The number of fused-ring (bicyclic) bond motifs is 1. The van der Waals surface area contributed by atoms with Crippen LogP contribution in [0.15, 0.2) is 24.3 Å². The lowest BCUT2D eigenvalue weighted by Gasteiger charge is -2.15. The predicted octanol–water partition coefficient (Wildman–Crippen LogP) is 3.30. The van der Waals surface area contributed by atoms with Gasteiger partial charge in [-0.15, -0.1) is 0 Å². The first kappa shape index (κ1) is 14.9. The number of para-hydroxylation sites is 1. The molecule has 0 aromatic heterocycles. The summed E-state index contributed by atoms with van der Waals surface area (Å²) in [4.78, 5) is 0. The van der Waals surface area contributed by atoms with Gasteiger partial charge in [0, 0.05) is 13.0 Å². The van der Waals surface area contributed by atoms with E-state index in [-0.39, 0.29) is 11.5 Å². The van der Waals surface area contributed by atoms with Crippen LogP contribution in [0.4, 0.5) is 0 Å². The standard InChI is InChI=1S/C17H24N2O/c1-17(2,13-18)9-5-6-10-19-12-15-11-14-7-3-4-8-16(14)20-15/h3-4,7-8,15,19H,5-6,9-12H2,1-2H3. The molecule has 1 aromatic rings. The number of hydrogen-bond donors (Lipinski definition) is 1. The van der Waals surface area contributed by atoms with Crippen molar-refractivity contribution in [2.24, 2.45) is 5.41 Å². The Bertz CT molecular complexity index is 451. The van der Waals surface area contributed by atoms with E-state index in [1.165, 1.54) is 5.56 Å². The largest absolute Gasteiger partial charge is 0.488 e. The minimum absolute atomic E-state index is 0.184. The molecule has 0 saturated heterocycles. The number of rotatable bonds is 7. The first-order chi connectivity index (χ1) is 9.61. The molecule has 0 saturated carbocycles. The minimum atomic E-state index is -0.184. The van der Waals surface area contributed by atoms with Gasteiger partial charge in [-0.05, 0) is 44.9 Å². The Kier molecular flexibility index (Phi) is 5.03. The highest BCUT2D eigenvalue weighted by atomic mass is 16.5. The van der Waals surface area contributed by atoms with Crippen LogP contribution >= 0.6 is 0 Å². The molecule has 1 N–H and O–H groups in total. The molecule has 0 aliphatic carbocycles. The summed E-state index contributed by atoms with van der Waals surface area (Å²) in [5.74, 6) is 1.04. The molecule has 0 fully saturated rings. The minimum Gasteiger partial charge on any atom is -0.488 e. The summed E-state index contributed by atoms with van der Waals surface area (Å²) in [6.45, 7) is 5.90. The lowest BCUT2D eigenvalue weighted by Crippen LogP contribution is -2.30. The van der Waals surface area contributed by atoms with Crippen molar-refractivity contribution in [1.29, 1.82) is 5.26 Å². The molecular weight excluding hydrogens is 248 g/mol. The number of nitrogens with zero attached hydrogens (tertiary/aromatic N) is 1. The van der Waals surface area contributed by atoms with Gasteiger partial charge in [0.2, 0.25) is 0 Å². The van der Waals surface area contributed by atoms with Crippen LogP contribution in [0.1, 0.15) is 38.7 Å². The average molecular weight is 272 g/mol. The van der Waals surface area contributed by atoms with E-state index in [4.69, 9.17) is 10.00 Å². The summed E-state index contributed by atoms with van der Waals surface area (Å²) in [5, 5.41) is 12.4. The Hall–Kier alpha value is -1.53. The third kappa shape index (κ3) is 4.25. The Labute approximate surface area is 121 Å². The van der Waals surface area contributed by atoms with E-state index in [2.05, 4.69) is 23.5 Å². The smallest absolute Gasteiger partial charge is 0.123 e. The van der Waals surface area contributed by atoms with E-state index in [1.54, 1.807) is 0 Å². The Morgan fingerprint density at radius 3 is 2.90 bits per heavy atom. The molecule has 0 radical (unpaired) electrons. The van der Waals surface area contributed by atoms with Crippen LogP contribution in [0.3, 0.4) is 0 Å². The second-order valence-electron chi connectivity index (χ2n) is 6.21. The van der Waals surface area contributed by atoms with E-state index in [9.17, 15) is 0 Å². The maximum Gasteiger partial charge on any atom is 0.123 e. The van der Waals surface area contributed by atoms with Crippen molar-refractivity contribution in [1.82, 2.24) is 5.32 Å². The van der Waals surface area contributed by atoms with Gasteiger partial charge in [0.25, 0.3) is 0 Å².